The molecule has 0 atom stereocenters. The monoisotopic (exact) mass is 574 g/mol. The molecule has 0 aliphatic carbocycles. The first kappa shape index (κ1) is 26.7. The molecule has 0 radical (unpaired) electrons. The summed E-state index contributed by atoms with van der Waals surface area (Å²) >= 11 is 0. The number of hydrogen-bond acceptors (Lipinski definition) is 1. The molecule has 1 aromatic heterocycles. The van der Waals surface area contributed by atoms with Gasteiger partial charge in [0.15, 0.2) is 0 Å². The molecular formula is C44H30O. The van der Waals surface area contributed by atoms with E-state index in [1.54, 1.807) is 0 Å². The van der Waals surface area contributed by atoms with Crippen LogP contribution in [0.5, 0.6) is 0 Å². The minimum absolute atomic E-state index is 0.872. The maximum Gasteiger partial charge on any atom is 0.143 e. The Bertz CT molecular complexity index is 2040. The molecule has 1 nitrogen and oxygen atoms in total. The van der Waals surface area contributed by atoms with Crippen LogP contribution in [0.1, 0.15) is 0 Å². The lowest BCUT2D eigenvalue weighted by Gasteiger charge is -2.23. The molecule has 0 aliphatic heterocycles. The van der Waals surface area contributed by atoms with Gasteiger partial charge in [0.1, 0.15) is 11.5 Å². The lowest BCUT2D eigenvalue weighted by Crippen LogP contribution is -1.97. The Kier molecular flexibility index (Phi) is 6.90. The van der Waals surface area contributed by atoms with Crippen molar-refractivity contribution in [3.63, 3.8) is 0 Å². The topological polar surface area (TPSA) is 13.1 Å². The normalized spacial score (nSPS) is 11.1. The van der Waals surface area contributed by atoms with Crippen molar-refractivity contribution in [1.29, 1.82) is 0 Å². The third kappa shape index (κ3) is 4.76. The molecule has 7 aromatic carbocycles. The molecule has 0 fully saturated rings. The van der Waals surface area contributed by atoms with Gasteiger partial charge in [0.2, 0.25) is 0 Å². The molecule has 0 N–H and O–H groups in total. The Balaban J connectivity index is 1.71. The second kappa shape index (κ2) is 11.6. The highest BCUT2D eigenvalue weighted by Crippen LogP contribution is 2.56. The summed E-state index contributed by atoms with van der Waals surface area (Å²) < 4.78 is 7.14. The Morgan fingerprint density at radius 3 is 0.711 bits per heavy atom. The van der Waals surface area contributed by atoms with Crippen molar-refractivity contribution < 1.29 is 4.42 Å². The zero-order valence-corrected chi connectivity index (χ0v) is 24.7. The fourth-order valence-corrected chi connectivity index (χ4v) is 6.57. The number of rotatable bonds is 6. The summed E-state index contributed by atoms with van der Waals surface area (Å²) in [5.41, 5.74) is 11.4. The molecule has 1 heterocycles. The molecule has 45 heavy (non-hydrogen) atoms. The Morgan fingerprint density at radius 1 is 0.222 bits per heavy atom. The number of hydrogen-bond donors (Lipinski definition) is 0. The van der Waals surface area contributed by atoms with Crippen LogP contribution in [0.3, 0.4) is 0 Å². The minimum atomic E-state index is 0.872. The van der Waals surface area contributed by atoms with Crippen LogP contribution in [0.15, 0.2) is 186 Å². The second-order valence-corrected chi connectivity index (χ2v) is 11.2. The van der Waals surface area contributed by atoms with Gasteiger partial charge in [0.05, 0.1) is 0 Å². The number of fused-ring (bicyclic) bond motifs is 1. The Labute approximate surface area is 263 Å². The Morgan fingerprint density at radius 2 is 0.444 bits per heavy atom. The summed E-state index contributed by atoms with van der Waals surface area (Å²) in [5, 5.41) is 2.23. The molecule has 0 unspecified atom stereocenters. The van der Waals surface area contributed by atoms with Crippen molar-refractivity contribution >= 4 is 10.8 Å². The summed E-state index contributed by atoms with van der Waals surface area (Å²) in [7, 11) is 0. The van der Waals surface area contributed by atoms with Crippen LogP contribution in [0.4, 0.5) is 0 Å². The summed E-state index contributed by atoms with van der Waals surface area (Å²) in [4.78, 5) is 0. The van der Waals surface area contributed by atoms with E-state index in [4.69, 9.17) is 4.42 Å². The molecule has 0 aliphatic rings. The van der Waals surface area contributed by atoms with Gasteiger partial charge in [-0.05, 0) is 33.4 Å². The summed E-state index contributed by atoms with van der Waals surface area (Å²) in [5.74, 6) is 1.74. The van der Waals surface area contributed by atoms with Crippen LogP contribution in [0.2, 0.25) is 0 Å². The van der Waals surface area contributed by atoms with E-state index in [1.165, 1.54) is 22.3 Å². The molecule has 0 bridgehead atoms. The molecule has 8 rings (SSSR count). The van der Waals surface area contributed by atoms with Gasteiger partial charge in [-0.2, -0.15) is 0 Å². The average Bonchev–Trinajstić information content (AvgIpc) is 3.53. The summed E-state index contributed by atoms with van der Waals surface area (Å²) in [6, 6.07) is 64.3. The molecule has 0 spiro atoms. The first-order valence-electron chi connectivity index (χ1n) is 15.4. The molecule has 1 heteroatoms. The van der Waals surface area contributed by atoms with Crippen molar-refractivity contribution in [3.05, 3.63) is 182 Å². The number of benzene rings is 7. The van der Waals surface area contributed by atoms with Gasteiger partial charge in [-0.1, -0.05) is 182 Å². The zero-order chi connectivity index (χ0) is 30.0. The van der Waals surface area contributed by atoms with Crippen molar-refractivity contribution in [1.82, 2.24) is 0 Å². The van der Waals surface area contributed by atoms with E-state index >= 15 is 0 Å². The standard InChI is InChI=1S/C44H30O/c1-7-19-31(20-8-1)37-38(32-21-9-2-10-22-32)40(34-25-13-4-14-26-34)42-41(39(37)33-23-11-3-12-24-33)43(35-27-15-5-16-28-35)45-44(42)36-29-17-6-18-30-36/h1-30H. The first-order valence-corrected chi connectivity index (χ1v) is 15.4. The lowest BCUT2D eigenvalue weighted by atomic mass is 9.78. The molecule has 0 saturated carbocycles. The quantitative estimate of drug-likeness (QED) is 0.192. The van der Waals surface area contributed by atoms with E-state index in [1.807, 2.05) is 0 Å². The first-order chi connectivity index (χ1) is 22.4. The van der Waals surface area contributed by atoms with Crippen LogP contribution < -0.4 is 0 Å². The molecular weight excluding hydrogens is 544 g/mol. The number of furan rings is 1. The fraction of sp³-hybridized carbons (Fsp3) is 0. The van der Waals surface area contributed by atoms with Crippen molar-refractivity contribution in [3.8, 4) is 67.2 Å². The van der Waals surface area contributed by atoms with Gasteiger partial charge in [-0.15, -0.1) is 0 Å². The SMILES string of the molecule is c1ccc(-c2c(-c3ccccc3)c(-c3ccccc3)c3c(-c4ccccc4)oc(-c4ccccc4)c3c2-c2ccccc2)cc1. The van der Waals surface area contributed by atoms with Gasteiger partial charge in [-0.25, -0.2) is 0 Å². The van der Waals surface area contributed by atoms with Crippen LogP contribution in [0, 0.1) is 0 Å². The van der Waals surface area contributed by atoms with E-state index in [-0.39, 0.29) is 0 Å². The molecule has 0 saturated heterocycles. The Hall–Kier alpha value is -5.92. The zero-order valence-electron chi connectivity index (χ0n) is 24.7. The minimum Gasteiger partial charge on any atom is -0.455 e. The van der Waals surface area contributed by atoms with E-state index in [2.05, 4.69) is 182 Å². The lowest BCUT2D eigenvalue weighted by molar-refractivity contribution is 0.602. The van der Waals surface area contributed by atoms with E-state index in [9.17, 15) is 0 Å². The highest BCUT2D eigenvalue weighted by Gasteiger charge is 2.30. The predicted octanol–water partition coefficient (Wildman–Crippen LogP) is 12.4. The van der Waals surface area contributed by atoms with Crippen LogP contribution in [-0.2, 0) is 0 Å². The van der Waals surface area contributed by atoms with Gasteiger partial charge in [0.25, 0.3) is 0 Å². The smallest absolute Gasteiger partial charge is 0.143 e. The van der Waals surface area contributed by atoms with Gasteiger partial charge >= 0.3 is 0 Å². The summed E-state index contributed by atoms with van der Waals surface area (Å²) in [6.07, 6.45) is 0. The van der Waals surface area contributed by atoms with Crippen molar-refractivity contribution in [2.24, 2.45) is 0 Å². The third-order valence-electron chi connectivity index (χ3n) is 8.48. The van der Waals surface area contributed by atoms with Gasteiger partial charge in [0, 0.05) is 33.0 Å². The molecule has 0 amide bonds. The second-order valence-electron chi connectivity index (χ2n) is 11.2. The largest absolute Gasteiger partial charge is 0.455 e. The molecule has 8 aromatic rings. The average molecular weight is 575 g/mol. The van der Waals surface area contributed by atoms with Crippen LogP contribution in [-0.4, -0.2) is 0 Å². The van der Waals surface area contributed by atoms with Gasteiger partial charge < -0.3 is 4.42 Å². The van der Waals surface area contributed by atoms with Gasteiger partial charge in [-0.3, -0.25) is 0 Å². The highest BCUT2D eigenvalue weighted by molar-refractivity contribution is 6.24. The molecule has 212 valence electrons. The van der Waals surface area contributed by atoms with Crippen LogP contribution in [0.25, 0.3) is 77.9 Å². The third-order valence-corrected chi connectivity index (χ3v) is 8.48. The van der Waals surface area contributed by atoms with Crippen LogP contribution >= 0.6 is 0 Å². The summed E-state index contributed by atoms with van der Waals surface area (Å²) in [6.45, 7) is 0. The predicted molar refractivity (Wildman–Crippen MR) is 189 cm³/mol. The maximum absolute atomic E-state index is 7.14. The fourth-order valence-electron chi connectivity index (χ4n) is 6.57. The maximum atomic E-state index is 7.14. The highest BCUT2D eigenvalue weighted by atomic mass is 16.3. The van der Waals surface area contributed by atoms with Crippen molar-refractivity contribution in [2.45, 2.75) is 0 Å². The van der Waals surface area contributed by atoms with E-state index in [0.717, 1.165) is 55.7 Å². The van der Waals surface area contributed by atoms with E-state index < -0.39 is 0 Å². The van der Waals surface area contributed by atoms with Crippen molar-refractivity contribution in [2.75, 3.05) is 0 Å². The van der Waals surface area contributed by atoms with E-state index in [0.29, 0.717) is 0 Å².